The number of para-hydroxylation sites is 1. The first-order valence-electron chi connectivity index (χ1n) is 6.31. The van der Waals surface area contributed by atoms with Crippen LogP contribution in [-0.2, 0) is 11.8 Å². The Balaban J connectivity index is 2.04. The van der Waals surface area contributed by atoms with Crippen LogP contribution in [-0.4, -0.2) is 11.5 Å². The van der Waals surface area contributed by atoms with Crippen LogP contribution in [0.4, 0.5) is 5.69 Å². The monoisotopic (exact) mass is 413 g/mol. The molecule has 0 amide bonds. The minimum absolute atomic E-state index is 0.137. The average molecular weight is 415 g/mol. The number of rotatable bonds is 6. The summed E-state index contributed by atoms with van der Waals surface area (Å²) in [4.78, 5) is 10.6. The largest absolute Gasteiger partial charge is 0.493 e. The molecule has 0 saturated carbocycles. The Bertz CT molecular complexity index is 647. The molecule has 2 aromatic rings. The standard InChI is InChI=1S/C15H13Br2NO3/c16-10-12-9-13(17)5-6-15(12)21-8-7-11-3-1-2-4-14(11)18(19)20/h1-6,9H,7-8,10H2. The van der Waals surface area contributed by atoms with Gasteiger partial charge in [0.1, 0.15) is 5.75 Å². The lowest BCUT2D eigenvalue weighted by Gasteiger charge is -2.10. The SMILES string of the molecule is O=[N+]([O-])c1ccccc1CCOc1ccc(Br)cc1CBr. The van der Waals surface area contributed by atoms with Crippen molar-refractivity contribution < 1.29 is 9.66 Å². The lowest BCUT2D eigenvalue weighted by atomic mass is 10.1. The molecule has 0 aromatic heterocycles. The third-order valence-corrected chi connectivity index (χ3v) is 4.08. The zero-order valence-corrected chi connectivity index (χ0v) is 14.3. The van der Waals surface area contributed by atoms with Crippen LogP contribution in [0.5, 0.6) is 5.75 Å². The highest BCUT2D eigenvalue weighted by atomic mass is 79.9. The molecule has 0 heterocycles. The van der Waals surface area contributed by atoms with Gasteiger partial charge in [0.05, 0.1) is 11.5 Å². The van der Waals surface area contributed by atoms with Crippen LogP contribution in [0.15, 0.2) is 46.9 Å². The second kappa shape index (κ2) is 7.56. The summed E-state index contributed by atoms with van der Waals surface area (Å²) in [5, 5.41) is 11.6. The van der Waals surface area contributed by atoms with Gasteiger partial charge >= 0.3 is 0 Å². The summed E-state index contributed by atoms with van der Waals surface area (Å²) in [5.74, 6) is 0.786. The van der Waals surface area contributed by atoms with Crippen LogP contribution in [0.3, 0.4) is 0 Å². The van der Waals surface area contributed by atoms with Crippen LogP contribution in [0.1, 0.15) is 11.1 Å². The fraction of sp³-hybridized carbons (Fsp3) is 0.200. The van der Waals surface area contributed by atoms with Crippen LogP contribution >= 0.6 is 31.9 Å². The fourth-order valence-corrected chi connectivity index (χ4v) is 2.81. The number of benzene rings is 2. The van der Waals surface area contributed by atoms with Crippen molar-refractivity contribution in [2.45, 2.75) is 11.8 Å². The molecule has 0 atom stereocenters. The van der Waals surface area contributed by atoms with Gasteiger partial charge in [0.2, 0.25) is 0 Å². The first-order chi connectivity index (χ1) is 10.1. The van der Waals surface area contributed by atoms with Crippen molar-refractivity contribution in [2.75, 3.05) is 6.61 Å². The van der Waals surface area contributed by atoms with Gasteiger partial charge in [0, 0.05) is 33.4 Å². The summed E-state index contributed by atoms with van der Waals surface area (Å²) in [5.41, 5.74) is 1.85. The van der Waals surface area contributed by atoms with E-state index in [-0.39, 0.29) is 10.6 Å². The second-order valence-electron chi connectivity index (χ2n) is 4.37. The molecule has 2 rings (SSSR count). The summed E-state index contributed by atoms with van der Waals surface area (Å²) < 4.78 is 6.74. The number of hydrogen-bond donors (Lipinski definition) is 0. The number of nitro benzene ring substituents is 1. The van der Waals surface area contributed by atoms with Gasteiger partial charge < -0.3 is 4.74 Å². The van der Waals surface area contributed by atoms with Crippen molar-refractivity contribution in [1.82, 2.24) is 0 Å². The number of nitrogens with zero attached hydrogens (tertiary/aromatic N) is 1. The van der Waals surface area contributed by atoms with Gasteiger partial charge in [-0.05, 0) is 18.2 Å². The summed E-state index contributed by atoms with van der Waals surface area (Å²) in [6, 6.07) is 12.5. The minimum atomic E-state index is -0.362. The molecule has 0 saturated heterocycles. The molecule has 0 N–H and O–H groups in total. The van der Waals surface area contributed by atoms with E-state index in [0.29, 0.717) is 23.9 Å². The molecule has 0 aliphatic heterocycles. The Kier molecular flexibility index (Phi) is 5.76. The molecule has 21 heavy (non-hydrogen) atoms. The minimum Gasteiger partial charge on any atom is -0.493 e. The average Bonchev–Trinajstić information content (AvgIpc) is 2.49. The highest BCUT2D eigenvalue weighted by molar-refractivity contribution is 9.10. The molecule has 0 fully saturated rings. The molecular weight excluding hydrogens is 402 g/mol. The Hall–Kier alpha value is -1.40. The van der Waals surface area contributed by atoms with Gasteiger partial charge in [0.25, 0.3) is 5.69 Å². The second-order valence-corrected chi connectivity index (χ2v) is 5.85. The van der Waals surface area contributed by atoms with Gasteiger partial charge in [-0.25, -0.2) is 0 Å². The molecule has 4 nitrogen and oxygen atoms in total. The normalized spacial score (nSPS) is 10.4. The van der Waals surface area contributed by atoms with E-state index in [1.54, 1.807) is 18.2 Å². The lowest BCUT2D eigenvalue weighted by molar-refractivity contribution is -0.385. The lowest BCUT2D eigenvalue weighted by Crippen LogP contribution is -2.05. The van der Waals surface area contributed by atoms with Gasteiger partial charge in [-0.15, -0.1) is 0 Å². The van der Waals surface area contributed by atoms with Crippen LogP contribution in [0, 0.1) is 10.1 Å². The molecule has 0 aliphatic carbocycles. The van der Waals surface area contributed by atoms with Crippen LogP contribution in [0.25, 0.3) is 0 Å². The van der Waals surface area contributed by atoms with Gasteiger partial charge in [0.15, 0.2) is 0 Å². The highest BCUT2D eigenvalue weighted by Gasteiger charge is 2.12. The summed E-state index contributed by atoms with van der Waals surface area (Å²) in [6.07, 6.45) is 0.495. The van der Waals surface area contributed by atoms with Crippen LogP contribution in [0.2, 0.25) is 0 Å². The molecule has 0 bridgehead atoms. The molecule has 110 valence electrons. The van der Waals surface area contributed by atoms with E-state index in [4.69, 9.17) is 4.74 Å². The maximum Gasteiger partial charge on any atom is 0.272 e. The zero-order valence-electron chi connectivity index (χ0n) is 11.1. The van der Waals surface area contributed by atoms with Crippen molar-refractivity contribution in [3.63, 3.8) is 0 Å². The van der Waals surface area contributed by atoms with Gasteiger partial charge in [-0.1, -0.05) is 50.1 Å². The number of alkyl halides is 1. The molecule has 2 aromatic carbocycles. The predicted octanol–water partition coefficient (Wildman–Crippen LogP) is 4.87. The fourth-order valence-electron chi connectivity index (χ4n) is 1.96. The third kappa shape index (κ3) is 4.28. The zero-order chi connectivity index (χ0) is 15.2. The molecule has 0 spiro atoms. The number of ether oxygens (including phenoxy) is 1. The summed E-state index contributed by atoms with van der Waals surface area (Å²) in [7, 11) is 0. The van der Waals surface area contributed by atoms with E-state index < -0.39 is 0 Å². The van der Waals surface area contributed by atoms with Crippen molar-refractivity contribution in [3.8, 4) is 5.75 Å². The quantitative estimate of drug-likeness (QED) is 0.384. The highest BCUT2D eigenvalue weighted by Crippen LogP contribution is 2.26. The van der Waals surface area contributed by atoms with E-state index in [2.05, 4.69) is 31.9 Å². The van der Waals surface area contributed by atoms with Crippen molar-refractivity contribution in [2.24, 2.45) is 0 Å². The van der Waals surface area contributed by atoms with Crippen molar-refractivity contribution in [3.05, 3.63) is 68.2 Å². The summed E-state index contributed by atoms with van der Waals surface area (Å²) in [6.45, 7) is 0.395. The topological polar surface area (TPSA) is 52.4 Å². The van der Waals surface area contributed by atoms with E-state index in [0.717, 1.165) is 15.8 Å². The Labute approximate surface area is 139 Å². The van der Waals surface area contributed by atoms with Gasteiger partial charge in [-0.3, -0.25) is 10.1 Å². The smallest absolute Gasteiger partial charge is 0.272 e. The van der Waals surface area contributed by atoms with E-state index in [1.807, 2.05) is 18.2 Å². The maximum absolute atomic E-state index is 10.9. The van der Waals surface area contributed by atoms with Gasteiger partial charge in [-0.2, -0.15) is 0 Å². The molecular formula is C15H13Br2NO3. The summed E-state index contributed by atoms with van der Waals surface area (Å²) >= 11 is 6.84. The molecule has 0 radical (unpaired) electrons. The number of halogens is 2. The number of hydrogen-bond acceptors (Lipinski definition) is 3. The van der Waals surface area contributed by atoms with E-state index >= 15 is 0 Å². The Morgan fingerprint density at radius 2 is 1.90 bits per heavy atom. The third-order valence-electron chi connectivity index (χ3n) is 2.98. The molecule has 6 heteroatoms. The van der Waals surface area contributed by atoms with E-state index in [9.17, 15) is 10.1 Å². The Morgan fingerprint density at radius 3 is 2.62 bits per heavy atom. The van der Waals surface area contributed by atoms with Crippen molar-refractivity contribution >= 4 is 37.5 Å². The van der Waals surface area contributed by atoms with E-state index in [1.165, 1.54) is 6.07 Å². The predicted molar refractivity (Wildman–Crippen MR) is 89.1 cm³/mol. The van der Waals surface area contributed by atoms with Crippen LogP contribution < -0.4 is 4.74 Å². The maximum atomic E-state index is 10.9. The molecule has 0 aliphatic rings. The molecule has 0 unspecified atom stereocenters. The number of nitro groups is 1. The first kappa shape index (κ1) is 16.0. The first-order valence-corrected chi connectivity index (χ1v) is 8.22. The Morgan fingerprint density at radius 1 is 1.14 bits per heavy atom. The van der Waals surface area contributed by atoms with Crippen molar-refractivity contribution in [1.29, 1.82) is 0 Å².